The average molecular weight is 296 g/mol. The van der Waals surface area contributed by atoms with Crippen molar-refractivity contribution in [3.63, 3.8) is 0 Å². The quantitative estimate of drug-likeness (QED) is 0.817. The van der Waals surface area contributed by atoms with Crippen LogP contribution in [0.2, 0.25) is 0 Å². The zero-order valence-electron chi connectivity index (χ0n) is 14.3. The van der Waals surface area contributed by atoms with Crippen molar-refractivity contribution in [2.24, 2.45) is 11.3 Å². The van der Waals surface area contributed by atoms with E-state index in [0.717, 1.165) is 6.54 Å². The highest BCUT2D eigenvalue weighted by Gasteiger charge is 2.44. The lowest BCUT2D eigenvalue weighted by atomic mass is 9.97. The van der Waals surface area contributed by atoms with Crippen molar-refractivity contribution in [3.8, 4) is 0 Å². The standard InChI is InChI=1S/C17H32N2O2/c1-12(17(5)9-10-17)19-14-8-6-7-13(14)11-18-15(20)21-16(2,3)4/h12-14,19H,6-11H2,1-5H3,(H,18,20). The van der Waals surface area contributed by atoms with Gasteiger partial charge in [-0.05, 0) is 64.7 Å². The van der Waals surface area contributed by atoms with E-state index in [2.05, 4.69) is 24.5 Å². The van der Waals surface area contributed by atoms with Crippen LogP contribution in [0, 0.1) is 11.3 Å². The maximum absolute atomic E-state index is 11.8. The lowest BCUT2D eigenvalue weighted by molar-refractivity contribution is 0.0516. The molecule has 3 atom stereocenters. The van der Waals surface area contributed by atoms with Gasteiger partial charge < -0.3 is 15.4 Å². The van der Waals surface area contributed by atoms with Crippen LogP contribution in [0.3, 0.4) is 0 Å². The van der Waals surface area contributed by atoms with E-state index in [1.807, 2.05) is 20.8 Å². The van der Waals surface area contributed by atoms with E-state index in [9.17, 15) is 4.79 Å². The van der Waals surface area contributed by atoms with Gasteiger partial charge in [0.05, 0.1) is 0 Å². The second-order valence-electron chi connectivity index (χ2n) is 8.22. The van der Waals surface area contributed by atoms with Crippen molar-refractivity contribution >= 4 is 6.09 Å². The lowest BCUT2D eigenvalue weighted by Crippen LogP contribution is -2.46. The number of ether oxygens (including phenoxy) is 1. The molecule has 2 N–H and O–H groups in total. The molecule has 0 aromatic carbocycles. The maximum atomic E-state index is 11.8. The molecule has 3 unspecified atom stereocenters. The fourth-order valence-corrected chi connectivity index (χ4v) is 3.18. The summed E-state index contributed by atoms with van der Waals surface area (Å²) in [5.41, 5.74) is 0.0816. The van der Waals surface area contributed by atoms with Gasteiger partial charge in [0.25, 0.3) is 0 Å². The number of alkyl carbamates (subject to hydrolysis) is 1. The molecule has 2 aliphatic rings. The Morgan fingerprint density at radius 3 is 2.57 bits per heavy atom. The highest BCUT2D eigenvalue weighted by atomic mass is 16.6. The molecule has 0 aromatic rings. The van der Waals surface area contributed by atoms with Crippen LogP contribution in [0.25, 0.3) is 0 Å². The molecule has 1 amide bonds. The number of hydrogen-bond donors (Lipinski definition) is 2. The van der Waals surface area contributed by atoms with Gasteiger partial charge in [-0.3, -0.25) is 0 Å². The summed E-state index contributed by atoms with van der Waals surface area (Å²) in [5, 5.41) is 6.75. The molecule has 122 valence electrons. The van der Waals surface area contributed by atoms with Crippen molar-refractivity contribution in [1.82, 2.24) is 10.6 Å². The first-order chi connectivity index (χ1) is 9.70. The smallest absolute Gasteiger partial charge is 0.407 e. The number of nitrogens with one attached hydrogen (secondary N) is 2. The Kier molecular flexibility index (Phi) is 4.86. The Balaban J connectivity index is 1.75. The van der Waals surface area contributed by atoms with Crippen molar-refractivity contribution in [1.29, 1.82) is 0 Å². The van der Waals surface area contributed by atoms with Crippen LogP contribution in [0.4, 0.5) is 4.79 Å². The van der Waals surface area contributed by atoms with Gasteiger partial charge in [0.2, 0.25) is 0 Å². The summed E-state index contributed by atoms with van der Waals surface area (Å²) in [6.07, 6.45) is 6.05. The zero-order valence-corrected chi connectivity index (χ0v) is 14.3. The third kappa shape index (κ3) is 4.87. The van der Waals surface area contributed by atoms with Crippen LogP contribution < -0.4 is 10.6 Å². The van der Waals surface area contributed by atoms with Gasteiger partial charge in [0.1, 0.15) is 5.60 Å². The van der Waals surface area contributed by atoms with Gasteiger partial charge >= 0.3 is 6.09 Å². The van der Waals surface area contributed by atoms with E-state index in [0.29, 0.717) is 23.4 Å². The monoisotopic (exact) mass is 296 g/mol. The Labute approximate surface area is 129 Å². The number of amides is 1. The minimum Gasteiger partial charge on any atom is -0.444 e. The molecule has 2 aliphatic carbocycles. The van der Waals surface area contributed by atoms with E-state index in [1.54, 1.807) is 0 Å². The third-order valence-corrected chi connectivity index (χ3v) is 5.11. The number of hydrogen-bond acceptors (Lipinski definition) is 3. The molecular formula is C17H32N2O2. The fourth-order valence-electron chi connectivity index (χ4n) is 3.18. The molecule has 2 fully saturated rings. The van der Waals surface area contributed by atoms with E-state index >= 15 is 0 Å². The van der Waals surface area contributed by atoms with E-state index in [-0.39, 0.29) is 6.09 Å². The molecule has 21 heavy (non-hydrogen) atoms. The highest BCUT2D eigenvalue weighted by molar-refractivity contribution is 5.67. The SMILES string of the molecule is CC(NC1CCCC1CNC(=O)OC(C)(C)C)C1(C)CC1. The van der Waals surface area contributed by atoms with Crippen LogP contribution >= 0.6 is 0 Å². The minimum absolute atomic E-state index is 0.296. The van der Waals surface area contributed by atoms with Gasteiger partial charge in [-0.15, -0.1) is 0 Å². The Bertz CT molecular complexity index is 371. The van der Waals surface area contributed by atoms with Crippen LogP contribution in [-0.4, -0.2) is 30.3 Å². The lowest BCUT2D eigenvalue weighted by Gasteiger charge is -2.29. The molecule has 0 aliphatic heterocycles. The van der Waals surface area contributed by atoms with E-state index in [4.69, 9.17) is 4.74 Å². The first-order valence-corrected chi connectivity index (χ1v) is 8.42. The molecule has 0 heterocycles. The molecule has 0 aromatic heterocycles. The van der Waals surface area contributed by atoms with E-state index in [1.165, 1.54) is 32.1 Å². The van der Waals surface area contributed by atoms with Gasteiger partial charge in [-0.2, -0.15) is 0 Å². The summed E-state index contributed by atoms with van der Waals surface area (Å²) in [6, 6.07) is 1.11. The third-order valence-electron chi connectivity index (χ3n) is 5.11. The molecule has 0 radical (unpaired) electrons. The van der Waals surface area contributed by atoms with Crippen LogP contribution in [0.15, 0.2) is 0 Å². The predicted octanol–water partition coefficient (Wildman–Crippen LogP) is 3.46. The number of carbonyl (C=O) groups excluding carboxylic acids is 1. The summed E-state index contributed by atoms with van der Waals surface area (Å²) in [6.45, 7) is 11.1. The Morgan fingerprint density at radius 2 is 2.00 bits per heavy atom. The Hall–Kier alpha value is -0.770. The van der Waals surface area contributed by atoms with Crippen molar-refractivity contribution in [3.05, 3.63) is 0 Å². The zero-order chi connectivity index (χ0) is 15.7. The largest absolute Gasteiger partial charge is 0.444 e. The minimum atomic E-state index is -0.424. The normalized spacial score (nSPS) is 29.0. The molecule has 2 rings (SSSR count). The second-order valence-corrected chi connectivity index (χ2v) is 8.22. The fraction of sp³-hybridized carbons (Fsp3) is 0.941. The second kappa shape index (κ2) is 6.15. The summed E-state index contributed by atoms with van der Waals surface area (Å²) >= 11 is 0. The van der Waals surface area contributed by atoms with Crippen LogP contribution in [0.1, 0.15) is 66.7 Å². The molecule has 2 saturated carbocycles. The topological polar surface area (TPSA) is 50.4 Å². The Morgan fingerprint density at radius 1 is 1.33 bits per heavy atom. The van der Waals surface area contributed by atoms with Crippen LogP contribution in [-0.2, 0) is 4.74 Å². The van der Waals surface area contributed by atoms with Crippen LogP contribution in [0.5, 0.6) is 0 Å². The van der Waals surface area contributed by atoms with Gasteiger partial charge in [0.15, 0.2) is 0 Å². The molecule has 4 nitrogen and oxygen atoms in total. The van der Waals surface area contributed by atoms with Crippen molar-refractivity contribution < 1.29 is 9.53 Å². The summed E-state index contributed by atoms with van der Waals surface area (Å²) in [4.78, 5) is 11.8. The predicted molar refractivity (Wildman–Crippen MR) is 85.3 cm³/mol. The van der Waals surface area contributed by atoms with Crippen molar-refractivity contribution in [2.75, 3.05) is 6.54 Å². The van der Waals surface area contributed by atoms with E-state index < -0.39 is 5.60 Å². The van der Waals surface area contributed by atoms with Gasteiger partial charge in [0, 0.05) is 18.6 Å². The van der Waals surface area contributed by atoms with Gasteiger partial charge in [-0.1, -0.05) is 13.3 Å². The number of carbonyl (C=O) groups is 1. The molecule has 0 bridgehead atoms. The number of rotatable bonds is 5. The molecule has 4 heteroatoms. The molecular weight excluding hydrogens is 264 g/mol. The van der Waals surface area contributed by atoms with Crippen molar-refractivity contribution in [2.45, 2.75) is 84.4 Å². The first-order valence-electron chi connectivity index (χ1n) is 8.42. The average Bonchev–Trinajstić information content (AvgIpc) is 2.95. The first kappa shape index (κ1) is 16.6. The van der Waals surface area contributed by atoms with Gasteiger partial charge in [-0.25, -0.2) is 4.79 Å². The summed E-state index contributed by atoms with van der Waals surface area (Å²) in [5.74, 6) is 0.530. The summed E-state index contributed by atoms with van der Waals surface area (Å²) < 4.78 is 5.31. The molecule has 0 spiro atoms. The summed E-state index contributed by atoms with van der Waals surface area (Å²) in [7, 11) is 0. The molecule has 0 saturated heterocycles. The highest BCUT2D eigenvalue weighted by Crippen LogP contribution is 2.48. The maximum Gasteiger partial charge on any atom is 0.407 e.